The molecule has 0 bridgehead atoms. The lowest BCUT2D eigenvalue weighted by atomic mass is 10.2. The summed E-state index contributed by atoms with van der Waals surface area (Å²) < 4.78 is 0. The van der Waals surface area contributed by atoms with Crippen LogP contribution < -0.4 is 10.2 Å². The van der Waals surface area contributed by atoms with Crippen molar-refractivity contribution in [2.45, 2.75) is 19.8 Å². The third-order valence-corrected chi connectivity index (χ3v) is 3.64. The zero-order valence-corrected chi connectivity index (χ0v) is 12.4. The number of hydrogen-bond acceptors (Lipinski definition) is 3. The summed E-state index contributed by atoms with van der Waals surface area (Å²) in [5.41, 5.74) is 2.23. The second-order valence-electron chi connectivity index (χ2n) is 5.31. The molecule has 0 atom stereocenters. The van der Waals surface area contributed by atoms with Gasteiger partial charge in [0.1, 0.15) is 5.82 Å². The predicted octanol–water partition coefficient (Wildman–Crippen LogP) is 2.77. The molecule has 0 radical (unpaired) electrons. The van der Waals surface area contributed by atoms with Gasteiger partial charge in [-0.1, -0.05) is 6.07 Å². The highest BCUT2D eigenvalue weighted by Gasteiger charge is 2.21. The molecule has 0 saturated carbocycles. The van der Waals surface area contributed by atoms with Gasteiger partial charge in [0.25, 0.3) is 5.91 Å². The summed E-state index contributed by atoms with van der Waals surface area (Å²) >= 11 is 0. The Bertz CT molecular complexity index is 710. The van der Waals surface area contributed by atoms with Crippen LogP contribution in [0.15, 0.2) is 42.5 Å². The zero-order chi connectivity index (χ0) is 15.5. The monoisotopic (exact) mass is 295 g/mol. The Balaban J connectivity index is 1.72. The van der Waals surface area contributed by atoms with E-state index >= 15 is 0 Å². The van der Waals surface area contributed by atoms with Crippen molar-refractivity contribution in [3.05, 3.63) is 53.7 Å². The first-order chi connectivity index (χ1) is 10.6. The topological polar surface area (TPSA) is 62.3 Å². The molecule has 1 N–H and O–H groups in total. The maximum atomic E-state index is 12.2. The number of nitrogens with one attached hydrogen (secondary N) is 1. The van der Waals surface area contributed by atoms with Gasteiger partial charge in [-0.3, -0.25) is 9.59 Å². The first-order valence-electron chi connectivity index (χ1n) is 7.29. The molecule has 1 fully saturated rings. The first-order valence-corrected chi connectivity index (χ1v) is 7.29. The molecule has 2 heterocycles. The van der Waals surface area contributed by atoms with Gasteiger partial charge >= 0.3 is 0 Å². The van der Waals surface area contributed by atoms with Crippen LogP contribution in [-0.4, -0.2) is 23.3 Å². The molecule has 3 rings (SSSR count). The van der Waals surface area contributed by atoms with Crippen molar-refractivity contribution in [1.82, 2.24) is 4.98 Å². The zero-order valence-electron chi connectivity index (χ0n) is 12.4. The molecule has 112 valence electrons. The molecule has 5 heteroatoms. The van der Waals surface area contributed by atoms with Gasteiger partial charge in [-0.25, -0.2) is 4.98 Å². The normalized spacial score (nSPS) is 14.2. The third-order valence-electron chi connectivity index (χ3n) is 3.64. The summed E-state index contributed by atoms with van der Waals surface area (Å²) in [4.78, 5) is 29.9. The van der Waals surface area contributed by atoms with Crippen LogP contribution in [0.4, 0.5) is 11.5 Å². The molecule has 2 aromatic rings. The largest absolute Gasteiger partial charge is 0.312 e. The lowest BCUT2D eigenvalue weighted by Crippen LogP contribution is -2.23. The molecule has 1 aromatic carbocycles. The summed E-state index contributed by atoms with van der Waals surface area (Å²) in [6.07, 6.45) is 1.49. The van der Waals surface area contributed by atoms with Crippen molar-refractivity contribution in [1.29, 1.82) is 0 Å². The molecule has 22 heavy (non-hydrogen) atoms. The van der Waals surface area contributed by atoms with Gasteiger partial charge in [-0.2, -0.15) is 0 Å². The highest BCUT2D eigenvalue weighted by atomic mass is 16.2. The Morgan fingerprint density at radius 2 is 1.95 bits per heavy atom. The van der Waals surface area contributed by atoms with Crippen LogP contribution in [0.1, 0.15) is 28.9 Å². The number of aromatic nitrogens is 1. The molecule has 2 amide bonds. The maximum absolute atomic E-state index is 12.2. The number of pyridine rings is 1. The minimum absolute atomic E-state index is 0.140. The van der Waals surface area contributed by atoms with Crippen molar-refractivity contribution >= 4 is 23.3 Å². The SMILES string of the molecule is Cc1cccc(NC(=O)c2ccc(N3CCCC3=O)cc2)n1. The Labute approximate surface area is 129 Å². The van der Waals surface area contributed by atoms with E-state index < -0.39 is 0 Å². The minimum atomic E-state index is -0.211. The number of carbonyl (C=O) groups excluding carboxylic acids is 2. The fraction of sp³-hybridized carbons (Fsp3) is 0.235. The summed E-state index contributed by atoms with van der Waals surface area (Å²) in [6, 6.07) is 12.5. The summed E-state index contributed by atoms with van der Waals surface area (Å²) in [5.74, 6) is 0.461. The molecular formula is C17H17N3O2. The van der Waals surface area contributed by atoms with Crippen LogP contribution in [0.25, 0.3) is 0 Å². The van der Waals surface area contributed by atoms with Crippen molar-refractivity contribution in [2.75, 3.05) is 16.8 Å². The van der Waals surface area contributed by atoms with Crippen LogP contribution in [0.2, 0.25) is 0 Å². The standard InChI is InChI=1S/C17H17N3O2/c1-12-4-2-5-15(18-12)19-17(22)13-7-9-14(10-8-13)20-11-3-6-16(20)21/h2,4-5,7-10H,3,6,11H2,1H3,(H,18,19,22). The van der Waals surface area contributed by atoms with Crippen LogP contribution in [0, 0.1) is 6.92 Å². The number of nitrogens with zero attached hydrogens (tertiary/aromatic N) is 2. The highest BCUT2D eigenvalue weighted by molar-refractivity contribution is 6.04. The molecule has 1 aromatic heterocycles. The molecular weight excluding hydrogens is 278 g/mol. The van der Waals surface area contributed by atoms with Gasteiger partial charge in [0.05, 0.1) is 0 Å². The van der Waals surface area contributed by atoms with Gasteiger partial charge < -0.3 is 10.2 Å². The van der Waals surface area contributed by atoms with Crippen molar-refractivity contribution in [3.63, 3.8) is 0 Å². The van der Waals surface area contributed by atoms with Crippen LogP contribution >= 0.6 is 0 Å². The quantitative estimate of drug-likeness (QED) is 0.947. The van der Waals surface area contributed by atoms with Gasteiger partial charge in [-0.15, -0.1) is 0 Å². The fourth-order valence-electron chi connectivity index (χ4n) is 2.52. The Morgan fingerprint density at radius 1 is 1.18 bits per heavy atom. The average molecular weight is 295 g/mol. The Kier molecular flexibility index (Phi) is 3.87. The van der Waals surface area contributed by atoms with Gasteiger partial charge in [0.15, 0.2) is 0 Å². The molecule has 0 aliphatic carbocycles. The van der Waals surface area contributed by atoms with Gasteiger partial charge in [-0.05, 0) is 49.7 Å². The molecule has 0 unspecified atom stereocenters. The maximum Gasteiger partial charge on any atom is 0.256 e. The lowest BCUT2D eigenvalue weighted by molar-refractivity contribution is -0.117. The van der Waals surface area contributed by atoms with Crippen molar-refractivity contribution in [2.24, 2.45) is 0 Å². The molecule has 1 aliphatic heterocycles. The third kappa shape index (κ3) is 2.98. The number of amides is 2. The molecule has 1 saturated heterocycles. The average Bonchev–Trinajstić information content (AvgIpc) is 2.93. The van der Waals surface area contributed by atoms with Crippen molar-refractivity contribution in [3.8, 4) is 0 Å². The van der Waals surface area contributed by atoms with E-state index in [1.165, 1.54) is 0 Å². The van der Waals surface area contributed by atoms with E-state index in [0.717, 1.165) is 24.3 Å². The minimum Gasteiger partial charge on any atom is -0.312 e. The Hall–Kier alpha value is -2.69. The summed E-state index contributed by atoms with van der Waals surface area (Å²) in [5, 5.41) is 2.77. The number of hydrogen-bond donors (Lipinski definition) is 1. The van der Waals surface area contributed by atoms with Crippen LogP contribution in [0.3, 0.4) is 0 Å². The number of carbonyl (C=O) groups is 2. The van der Waals surface area contributed by atoms with E-state index in [1.54, 1.807) is 23.1 Å². The van der Waals surface area contributed by atoms with Gasteiger partial charge in [0, 0.05) is 29.9 Å². The number of aryl methyl sites for hydroxylation is 1. The number of benzene rings is 1. The molecule has 1 aliphatic rings. The van der Waals surface area contributed by atoms with E-state index in [0.29, 0.717) is 17.8 Å². The molecule has 0 spiro atoms. The highest BCUT2D eigenvalue weighted by Crippen LogP contribution is 2.21. The van der Waals surface area contributed by atoms with E-state index in [2.05, 4.69) is 10.3 Å². The predicted molar refractivity (Wildman–Crippen MR) is 85.0 cm³/mol. The summed E-state index contributed by atoms with van der Waals surface area (Å²) in [6.45, 7) is 2.62. The number of anilines is 2. The lowest BCUT2D eigenvalue weighted by Gasteiger charge is -2.15. The Morgan fingerprint density at radius 3 is 2.59 bits per heavy atom. The fourth-order valence-corrected chi connectivity index (χ4v) is 2.52. The second-order valence-corrected chi connectivity index (χ2v) is 5.31. The molecule has 5 nitrogen and oxygen atoms in total. The summed E-state index contributed by atoms with van der Waals surface area (Å²) in [7, 11) is 0. The van der Waals surface area contributed by atoms with Crippen LogP contribution in [-0.2, 0) is 4.79 Å². The van der Waals surface area contributed by atoms with Gasteiger partial charge in [0.2, 0.25) is 5.91 Å². The van der Waals surface area contributed by atoms with Crippen molar-refractivity contribution < 1.29 is 9.59 Å². The van der Waals surface area contributed by atoms with E-state index in [1.807, 2.05) is 31.2 Å². The first kappa shape index (κ1) is 14.3. The van der Waals surface area contributed by atoms with E-state index in [-0.39, 0.29) is 11.8 Å². The smallest absolute Gasteiger partial charge is 0.256 e. The van der Waals surface area contributed by atoms with Crippen LogP contribution in [0.5, 0.6) is 0 Å². The second kappa shape index (κ2) is 5.97. The van der Waals surface area contributed by atoms with E-state index in [4.69, 9.17) is 0 Å². The van der Waals surface area contributed by atoms with E-state index in [9.17, 15) is 9.59 Å². The number of rotatable bonds is 3.